The first-order chi connectivity index (χ1) is 10.8. The molecule has 0 unspecified atom stereocenters. The van der Waals surface area contributed by atoms with Crippen molar-refractivity contribution in [2.24, 2.45) is 0 Å². The molecule has 0 aromatic heterocycles. The van der Waals surface area contributed by atoms with E-state index in [1.54, 1.807) is 11.9 Å². The maximum Gasteiger partial charge on any atom is 0.326 e. The molecule has 0 fully saturated rings. The number of nitrogens with one attached hydrogen (secondary N) is 1. The van der Waals surface area contributed by atoms with Crippen LogP contribution in [0.25, 0.3) is 0 Å². The second-order valence-electron chi connectivity index (χ2n) is 7.17. The van der Waals surface area contributed by atoms with Crippen LogP contribution in [-0.4, -0.2) is 21.2 Å². The van der Waals surface area contributed by atoms with E-state index in [1.165, 1.54) is 5.56 Å². The number of para-hydroxylation sites is 2. The summed E-state index contributed by atoms with van der Waals surface area (Å²) in [6, 6.07) is 16.9. The molecule has 0 atom stereocenters. The number of amides is 2. The largest absolute Gasteiger partial charge is 0.326 e. The van der Waals surface area contributed by atoms with E-state index in [-0.39, 0.29) is 6.03 Å². The van der Waals surface area contributed by atoms with Crippen molar-refractivity contribution in [2.45, 2.75) is 32.6 Å². The highest BCUT2D eigenvalue weighted by Crippen LogP contribution is 2.25. The second-order valence-corrected chi connectivity index (χ2v) is 12.6. The van der Waals surface area contributed by atoms with Crippen molar-refractivity contribution in [3.05, 3.63) is 59.7 Å². The Morgan fingerprint density at radius 2 is 1.70 bits per heavy atom. The molecule has 1 N–H and O–H groups in total. The molecular formula is C19H26N2OSi. The molecule has 0 radical (unpaired) electrons. The molecule has 0 saturated carbocycles. The number of hydrogen-bond donors (Lipinski definition) is 1. The van der Waals surface area contributed by atoms with E-state index < -0.39 is 8.07 Å². The normalized spacial score (nSPS) is 11.2. The van der Waals surface area contributed by atoms with Gasteiger partial charge in [0, 0.05) is 26.5 Å². The van der Waals surface area contributed by atoms with E-state index >= 15 is 0 Å². The molecule has 2 aromatic carbocycles. The van der Waals surface area contributed by atoms with Gasteiger partial charge >= 0.3 is 6.03 Å². The van der Waals surface area contributed by atoms with Gasteiger partial charge in [0.1, 0.15) is 0 Å². The third kappa shape index (κ3) is 4.70. The molecule has 3 nitrogen and oxygen atoms in total. The number of carbonyl (C=O) groups excluding carboxylic acids is 1. The Hall–Kier alpha value is -2.07. The van der Waals surface area contributed by atoms with Gasteiger partial charge < -0.3 is 5.32 Å². The first kappa shape index (κ1) is 17.3. The van der Waals surface area contributed by atoms with Crippen LogP contribution >= 0.6 is 0 Å². The maximum atomic E-state index is 12.6. The van der Waals surface area contributed by atoms with E-state index in [9.17, 15) is 4.79 Å². The molecule has 2 amide bonds. The zero-order valence-electron chi connectivity index (χ0n) is 14.7. The number of urea groups is 1. The Morgan fingerprint density at radius 3 is 2.30 bits per heavy atom. The van der Waals surface area contributed by atoms with E-state index in [4.69, 9.17) is 0 Å². The summed E-state index contributed by atoms with van der Waals surface area (Å²) in [6.45, 7) is 9.08. The Bertz CT molecular complexity index is 678. The first-order valence-corrected chi connectivity index (χ1v) is 11.7. The van der Waals surface area contributed by atoms with Crippen molar-refractivity contribution in [3.63, 3.8) is 0 Å². The molecule has 2 aromatic rings. The summed E-state index contributed by atoms with van der Waals surface area (Å²) in [4.78, 5) is 14.3. The van der Waals surface area contributed by atoms with Crippen molar-refractivity contribution in [2.75, 3.05) is 17.3 Å². The average Bonchev–Trinajstić information content (AvgIpc) is 2.49. The summed E-state index contributed by atoms with van der Waals surface area (Å²) >= 11 is 0. The van der Waals surface area contributed by atoms with Gasteiger partial charge in [-0.15, -0.1) is 0 Å². The van der Waals surface area contributed by atoms with Crippen molar-refractivity contribution < 1.29 is 4.79 Å². The van der Waals surface area contributed by atoms with Crippen LogP contribution < -0.4 is 10.2 Å². The molecule has 4 heteroatoms. The average molecular weight is 327 g/mol. The lowest BCUT2D eigenvalue weighted by molar-refractivity contribution is 0.258. The van der Waals surface area contributed by atoms with Gasteiger partial charge in [0.25, 0.3) is 0 Å². The lowest BCUT2D eigenvalue weighted by atomic mass is 10.1. The van der Waals surface area contributed by atoms with Crippen LogP contribution in [0.15, 0.2) is 48.5 Å². The lowest BCUT2D eigenvalue weighted by Gasteiger charge is -2.23. The fourth-order valence-electron chi connectivity index (χ4n) is 2.59. The van der Waals surface area contributed by atoms with E-state index in [1.807, 2.05) is 43.3 Å². The zero-order valence-corrected chi connectivity index (χ0v) is 15.7. The van der Waals surface area contributed by atoms with Gasteiger partial charge in [-0.1, -0.05) is 56.0 Å². The van der Waals surface area contributed by atoms with E-state index in [0.717, 1.165) is 23.0 Å². The summed E-state index contributed by atoms with van der Waals surface area (Å²) < 4.78 is 0. The van der Waals surface area contributed by atoms with Gasteiger partial charge in [0.05, 0.1) is 0 Å². The fourth-order valence-corrected chi connectivity index (χ4v) is 4.02. The quantitative estimate of drug-likeness (QED) is 0.780. The van der Waals surface area contributed by atoms with Gasteiger partial charge in [0.15, 0.2) is 0 Å². The molecule has 0 heterocycles. The lowest BCUT2D eigenvalue weighted by Crippen LogP contribution is -2.32. The number of carbonyl (C=O) groups is 1. The Kier molecular flexibility index (Phi) is 5.26. The molecule has 23 heavy (non-hydrogen) atoms. The maximum absolute atomic E-state index is 12.6. The van der Waals surface area contributed by atoms with E-state index in [2.05, 4.69) is 37.1 Å². The molecule has 0 saturated heterocycles. The van der Waals surface area contributed by atoms with Crippen LogP contribution in [0.3, 0.4) is 0 Å². The summed E-state index contributed by atoms with van der Waals surface area (Å²) in [6.07, 6.45) is 0. The smallest absolute Gasteiger partial charge is 0.307 e. The minimum absolute atomic E-state index is 0.109. The summed E-state index contributed by atoms with van der Waals surface area (Å²) in [5, 5.41) is 3.11. The standard InChI is InChI=1S/C19H26N2OSi/c1-15-10-9-11-16(14-23(3,4)5)18(15)20-19(22)21(2)17-12-7-6-8-13-17/h6-13H,14H2,1-5H3,(H,20,22). The number of benzene rings is 2. The summed E-state index contributed by atoms with van der Waals surface area (Å²) in [7, 11) is 0.533. The first-order valence-electron chi connectivity index (χ1n) is 7.96. The predicted octanol–water partition coefficient (Wildman–Crippen LogP) is 5.08. The minimum atomic E-state index is -1.26. The third-order valence-electron chi connectivity index (χ3n) is 3.76. The monoisotopic (exact) mass is 326 g/mol. The van der Waals surface area contributed by atoms with Gasteiger partial charge in [-0.3, -0.25) is 4.90 Å². The number of hydrogen-bond acceptors (Lipinski definition) is 1. The number of rotatable bonds is 4. The molecule has 122 valence electrons. The third-order valence-corrected chi connectivity index (χ3v) is 5.20. The Labute approximate surface area is 140 Å². The van der Waals surface area contributed by atoms with Crippen molar-refractivity contribution in [1.82, 2.24) is 0 Å². The summed E-state index contributed by atoms with van der Waals surface area (Å²) in [5.41, 5.74) is 4.18. The minimum Gasteiger partial charge on any atom is -0.307 e. The molecule has 0 spiro atoms. The number of aryl methyl sites for hydroxylation is 1. The highest BCUT2D eigenvalue weighted by molar-refractivity contribution is 6.75. The van der Waals surface area contributed by atoms with Crippen molar-refractivity contribution in [3.8, 4) is 0 Å². The van der Waals surface area contributed by atoms with Crippen LogP contribution in [-0.2, 0) is 6.04 Å². The number of nitrogens with zero attached hydrogens (tertiary/aromatic N) is 1. The van der Waals surface area contributed by atoms with Crippen LogP contribution in [0.5, 0.6) is 0 Å². The summed E-state index contributed by atoms with van der Waals surface area (Å²) in [5.74, 6) is 0. The predicted molar refractivity (Wildman–Crippen MR) is 102 cm³/mol. The van der Waals surface area contributed by atoms with E-state index in [0.29, 0.717) is 0 Å². The van der Waals surface area contributed by atoms with Gasteiger partial charge in [-0.25, -0.2) is 4.79 Å². The molecule has 0 bridgehead atoms. The Balaban J connectivity index is 2.24. The molecule has 0 aliphatic heterocycles. The highest BCUT2D eigenvalue weighted by atomic mass is 28.3. The van der Waals surface area contributed by atoms with Gasteiger partial charge in [0.2, 0.25) is 0 Å². The molecule has 0 aliphatic rings. The van der Waals surface area contributed by atoms with Crippen molar-refractivity contribution in [1.29, 1.82) is 0 Å². The van der Waals surface area contributed by atoms with Crippen molar-refractivity contribution >= 4 is 25.5 Å². The highest BCUT2D eigenvalue weighted by Gasteiger charge is 2.19. The SMILES string of the molecule is Cc1cccc(C[Si](C)(C)C)c1NC(=O)N(C)c1ccccc1. The van der Waals surface area contributed by atoms with Crippen LogP contribution in [0.2, 0.25) is 19.6 Å². The topological polar surface area (TPSA) is 32.3 Å². The Morgan fingerprint density at radius 1 is 1.04 bits per heavy atom. The van der Waals surface area contributed by atoms with Crippen LogP contribution in [0, 0.1) is 6.92 Å². The molecular weight excluding hydrogens is 300 g/mol. The van der Waals surface area contributed by atoms with Gasteiger partial charge in [-0.05, 0) is 36.2 Å². The molecule has 2 rings (SSSR count). The van der Waals surface area contributed by atoms with Crippen LogP contribution in [0.4, 0.5) is 16.2 Å². The molecule has 0 aliphatic carbocycles. The second kappa shape index (κ2) is 7.00. The van der Waals surface area contributed by atoms with Crippen LogP contribution in [0.1, 0.15) is 11.1 Å². The fraction of sp³-hybridized carbons (Fsp3) is 0.316. The van der Waals surface area contributed by atoms with Gasteiger partial charge in [-0.2, -0.15) is 0 Å². The zero-order chi connectivity index (χ0) is 17.0. The number of anilines is 2.